The highest BCUT2D eigenvalue weighted by Crippen LogP contribution is 2.44. The zero-order valence-corrected chi connectivity index (χ0v) is 26.1. The molecule has 37 heavy (non-hydrogen) atoms. The van der Waals surface area contributed by atoms with E-state index in [0.29, 0.717) is 40.5 Å². The summed E-state index contributed by atoms with van der Waals surface area (Å²) in [5.41, 5.74) is 2.42. The van der Waals surface area contributed by atoms with E-state index in [0.717, 1.165) is 11.1 Å². The molecule has 0 atom stereocenters. The summed E-state index contributed by atoms with van der Waals surface area (Å²) in [5, 5.41) is 0. The zero-order valence-electron chi connectivity index (χ0n) is 19.7. The van der Waals surface area contributed by atoms with Gasteiger partial charge < -0.3 is 9.47 Å². The van der Waals surface area contributed by atoms with Gasteiger partial charge >= 0.3 is 11.9 Å². The Morgan fingerprint density at radius 3 is 1.16 bits per heavy atom. The molecule has 0 radical (unpaired) electrons. The van der Waals surface area contributed by atoms with Crippen molar-refractivity contribution in [2.24, 2.45) is 0 Å². The standard InChI is InChI=1S/C29H20Br4O4/c1-29(2,19-13-21(30)25(22(31)14-19)36-27(34)17-9-5-3-6-10-17)20-15-23(32)26(24(33)16-20)37-28(35)18-11-7-4-8-12-18/h3-16H,1-2H3. The number of ether oxygens (including phenoxy) is 2. The Hall–Kier alpha value is -2.26. The van der Waals surface area contributed by atoms with Crippen LogP contribution in [0.25, 0.3) is 0 Å². The van der Waals surface area contributed by atoms with E-state index in [1.807, 2.05) is 36.4 Å². The molecule has 0 fully saturated rings. The van der Waals surface area contributed by atoms with Crippen molar-refractivity contribution < 1.29 is 19.1 Å². The van der Waals surface area contributed by atoms with E-state index >= 15 is 0 Å². The number of hydrogen-bond acceptors (Lipinski definition) is 4. The van der Waals surface area contributed by atoms with Crippen LogP contribution in [-0.2, 0) is 5.41 Å². The molecule has 0 aliphatic heterocycles. The first-order valence-electron chi connectivity index (χ1n) is 11.1. The van der Waals surface area contributed by atoms with Gasteiger partial charge in [-0.05, 0) is 123 Å². The van der Waals surface area contributed by atoms with E-state index < -0.39 is 17.4 Å². The first-order valence-corrected chi connectivity index (χ1v) is 14.3. The first kappa shape index (κ1) is 27.8. The van der Waals surface area contributed by atoms with Gasteiger partial charge in [-0.1, -0.05) is 50.2 Å². The lowest BCUT2D eigenvalue weighted by molar-refractivity contribution is 0.0722. The van der Waals surface area contributed by atoms with E-state index in [-0.39, 0.29) is 0 Å². The lowest BCUT2D eigenvalue weighted by Crippen LogP contribution is -2.20. The highest BCUT2D eigenvalue weighted by molar-refractivity contribution is 9.11. The summed E-state index contributed by atoms with van der Waals surface area (Å²) in [6, 6.07) is 25.4. The van der Waals surface area contributed by atoms with Crippen molar-refractivity contribution >= 4 is 75.7 Å². The van der Waals surface area contributed by atoms with Crippen molar-refractivity contribution in [3.8, 4) is 11.5 Å². The molecule has 8 heteroatoms. The number of rotatable bonds is 6. The molecule has 0 aromatic heterocycles. The Labute approximate surface area is 248 Å². The van der Waals surface area contributed by atoms with Gasteiger partial charge in [0.05, 0.1) is 29.0 Å². The number of carbonyl (C=O) groups excluding carboxylic acids is 2. The minimum atomic E-state index is -0.458. The van der Waals surface area contributed by atoms with Crippen LogP contribution in [0, 0.1) is 0 Å². The number of benzene rings is 4. The fourth-order valence-electron chi connectivity index (χ4n) is 3.65. The van der Waals surface area contributed by atoms with Crippen LogP contribution in [0.1, 0.15) is 45.7 Å². The quantitative estimate of drug-likeness (QED) is 0.146. The smallest absolute Gasteiger partial charge is 0.343 e. The normalized spacial score (nSPS) is 11.2. The molecule has 0 heterocycles. The molecule has 0 saturated heterocycles. The number of hydrogen-bond donors (Lipinski definition) is 0. The van der Waals surface area contributed by atoms with Crippen molar-refractivity contribution in [1.82, 2.24) is 0 Å². The minimum absolute atomic E-state index is 0.402. The fourth-order valence-corrected chi connectivity index (χ4v) is 6.35. The summed E-state index contributed by atoms with van der Waals surface area (Å²) in [6.45, 7) is 4.17. The molecule has 4 nitrogen and oxygen atoms in total. The van der Waals surface area contributed by atoms with E-state index in [1.165, 1.54) is 0 Å². The molecule has 0 aliphatic carbocycles. The van der Waals surface area contributed by atoms with Crippen LogP contribution in [0.2, 0.25) is 0 Å². The first-order chi connectivity index (χ1) is 17.6. The molecule has 0 N–H and O–H groups in total. The van der Waals surface area contributed by atoms with E-state index in [4.69, 9.17) is 9.47 Å². The SMILES string of the molecule is CC(C)(c1cc(Br)c(OC(=O)c2ccccc2)c(Br)c1)c1cc(Br)c(OC(=O)c2ccccc2)c(Br)c1. The molecule has 0 amide bonds. The van der Waals surface area contributed by atoms with Gasteiger partial charge in [-0.15, -0.1) is 0 Å². The molecule has 0 aliphatic rings. The Kier molecular flexibility index (Phi) is 8.74. The fraction of sp³-hybridized carbons (Fsp3) is 0.103. The van der Waals surface area contributed by atoms with Crippen molar-refractivity contribution in [2.75, 3.05) is 0 Å². The topological polar surface area (TPSA) is 52.6 Å². The monoisotopic (exact) mass is 748 g/mol. The third-order valence-corrected chi connectivity index (χ3v) is 8.20. The van der Waals surface area contributed by atoms with Crippen LogP contribution in [0.5, 0.6) is 11.5 Å². The van der Waals surface area contributed by atoms with Gasteiger partial charge in [0.15, 0.2) is 11.5 Å². The molecule has 0 spiro atoms. The average Bonchev–Trinajstić information content (AvgIpc) is 2.88. The summed E-state index contributed by atoms with van der Waals surface area (Å²) in [4.78, 5) is 25.2. The third kappa shape index (κ3) is 6.25. The van der Waals surface area contributed by atoms with Crippen LogP contribution in [0.4, 0.5) is 0 Å². The lowest BCUT2D eigenvalue weighted by atomic mass is 9.78. The van der Waals surface area contributed by atoms with Crippen molar-refractivity contribution in [1.29, 1.82) is 0 Å². The Balaban J connectivity index is 1.61. The second-order valence-electron chi connectivity index (χ2n) is 8.67. The van der Waals surface area contributed by atoms with Gasteiger partial charge in [0, 0.05) is 5.41 Å². The van der Waals surface area contributed by atoms with Crippen molar-refractivity contribution in [3.63, 3.8) is 0 Å². The summed E-state index contributed by atoms with van der Waals surface area (Å²) >= 11 is 14.3. The highest BCUT2D eigenvalue weighted by atomic mass is 79.9. The predicted molar refractivity (Wildman–Crippen MR) is 159 cm³/mol. The third-order valence-electron chi connectivity index (χ3n) is 5.85. The number of halogens is 4. The average molecular weight is 752 g/mol. The van der Waals surface area contributed by atoms with Gasteiger partial charge in [-0.2, -0.15) is 0 Å². The largest absolute Gasteiger partial charge is 0.421 e. The molecular weight excluding hydrogens is 732 g/mol. The molecule has 4 aromatic carbocycles. The second kappa shape index (κ2) is 11.6. The molecule has 4 rings (SSSR count). The van der Waals surface area contributed by atoms with Crippen molar-refractivity contribution in [2.45, 2.75) is 19.3 Å². The van der Waals surface area contributed by atoms with Gasteiger partial charge in [-0.25, -0.2) is 9.59 Å². The molecule has 0 unspecified atom stereocenters. The summed E-state index contributed by atoms with van der Waals surface area (Å²) in [5.74, 6) is -0.0807. The number of carbonyl (C=O) groups is 2. The van der Waals surface area contributed by atoms with Gasteiger partial charge in [0.2, 0.25) is 0 Å². The molecule has 0 bridgehead atoms. The van der Waals surface area contributed by atoms with Gasteiger partial charge in [0.1, 0.15) is 0 Å². The van der Waals surface area contributed by atoms with E-state index in [2.05, 4.69) is 77.6 Å². The Morgan fingerprint density at radius 2 is 0.865 bits per heavy atom. The maximum absolute atomic E-state index is 12.6. The van der Waals surface area contributed by atoms with Crippen LogP contribution in [0.15, 0.2) is 103 Å². The summed E-state index contributed by atoms with van der Waals surface area (Å²) < 4.78 is 13.9. The van der Waals surface area contributed by atoms with Crippen LogP contribution >= 0.6 is 63.7 Å². The maximum atomic E-state index is 12.6. The highest BCUT2D eigenvalue weighted by Gasteiger charge is 2.28. The maximum Gasteiger partial charge on any atom is 0.343 e. The molecule has 188 valence electrons. The minimum Gasteiger partial charge on any atom is -0.421 e. The van der Waals surface area contributed by atoms with Crippen molar-refractivity contribution in [3.05, 3.63) is 125 Å². The summed E-state index contributed by atoms with van der Waals surface area (Å²) in [7, 11) is 0. The van der Waals surface area contributed by atoms with Crippen LogP contribution in [-0.4, -0.2) is 11.9 Å². The molecular formula is C29H20Br4O4. The van der Waals surface area contributed by atoms with Crippen LogP contribution in [0.3, 0.4) is 0 Å². The van der Waals surface area contributed by atoms with E-state index in [9.17, 15) is 9.59 Å². The van der Waals surface area contributed by atoms with Gasteiger partial charge in [-0.3, -0.25) is 0 Å². The lowest BCUT2D eigenvalue weighted by Gasteiger charge is -2.28. The predicted octanol–water partition coefficient (Wildman–Crippen LogP) is 9.50. The van der Waals surface area contributed by atoms with Gasteiger partial charge in [0.25, 0.3) is 0 Å². The van der Waals surface area contributed by atoms with Crippen LogP contribution < -0.4 is 9.47 Å². The molecule has 4 aromatic rings. The summed E-state index contributed by atoms with van der Waals surface area (Å²) in [6.07, 6.45) is 0. The van der Waals surface area contributed by atoms with E-state index in [1.54, 1.807) is 48.5 Å². The molecule has 0 saturated carbocycles. The second-order valence-corrected chi connectivity index (χ2v) is 12.1. The number of esters is 2. The Morgan fingerprint density at radius 1 is 0.568 bits per heavy atom. The Bertz CT molecular complexity index is 1310. The zero-order chi connectivity index (χ0) is 26.7.